The molecule has 0 radical (unpaired) electrons. The summed E-state index contributed by atoms with van der Waals surface area (Å²) < 4.78 is 11.0. The normalized spacial score (nSPS) is 12.0. The maximum atomic E-state index is 9.53. The molecule has 5 heteroatoms. The predicted octanol–water partition coefficient (Wildman–Crippen LogP) is 3.69. The van der Waals surface area contributed by atoms with Crippen LogP contribution in [0.25, 0.3) is 0 Å². The van der Waals surface area contributed by atoms with Crippen LogP contribution >= 0.6 is 11.6 Å². The van der Waals surface area contributed by atoms with Gasteiger partial charge in [0.05, 0.1) is 24.8 Å². The van der Waals surface area contributed by atoms with Gasteiger partial charge in [-0.2, -0.15) is 0 Å². The third-order valence-electron chi connectivity index (χ3n) is 3.07. The lowest BCUT2D eigenvalue weighted by atomic mass is 10.1. The number of rotatable bonds is 5. The van der Waals surface area contributed by atoms with E-state index >= 15 is 0 Å². The highest BCUT2D eigenvalue weighted by Gasteiger charge is 2.11. The van der Waals surface area contributed by atoms with Crippen molar-refractivity contribution in [3.05, 3.63) is 52.5 Å². The molecule has 2 aromatic rings. The minimum atomic E-state index is -0.588. The van der Waals surface area contributed by atoms with Crippen LogP contribution in [0.2, 0.25) is 5.02 Å². The average Bonchev–Trinajstić information content (AvgIpc) is 2.49. The summed E-state index contributed by atoms with van der Waals surface area (Å²) >= 11 is 6.16. The number of aliphatic hydroxyl groups excluding tert-OH is 2. The molecule has 0 aliphatic heterocycles. The van der Waals surface area contributed by atoms with E-state index in [-0.39, 0.29) is 6.61 Å². The van der Waals surface area contributed by atoms with E-state index in [2.05, 4.69) is 0 Å². The zero-order chi connectivity index (χ0) is 15.4. The van der Waals surface area contributed by atoms with Crippen LogP contribution in [0.5, 0.6) is 17.2 Å². The number of hydrogen-bond donors (Lipinski definition) is 2. The van der Waals surface area contributed by atoms with E-state index in [1.165, 1.54) is 7.11 Å². The maximum Gasteiger partial charge on any atom is 0.169 e. The molecule has 0 aliphatic rings. The monoisotopic (exact) mass is 308 g/mol. The molecule has 0 saturated heterocycles. The van der Waals surface area contributed by atoms with Crippen molar-refractivity contribution >= 4 is 11.6 Å². The molecule has 0 amide bonds. The topological polar surface area (TPSA) is 58.9 Å². The molecule has 0 bridgehead atoms. The Bertz CT molecular complexity index is 626. The van der Waals surface area contributed by atoms with Gasteiger partial charge in [-0.25, -0.2) is 0 Å². The van der Waals surface area contributed by atoms with Crippen molar-refractivity contribution in [1.82, 2.24) is 0 Å². The van der Waals surface area contributed by atoms with Crippen LogP contribution in [0.3, 0.4) is 0 Å². The van der Waals surface area contributed by atoms with Crippen molar-refractivity contribution in [3.63, 3.8) is 0 Å². The number of methoxy groups -OCH3 is 1. The van der Waals surface area contributed by atoms with E-state index in [1.54, 1.807) is 43.3 Å². The lowest BCUT2D eigenvalue weighted by molar-refractivity contribution is 0.199. The van der Waals surface area contributed by atoms with Gasteiger partial charge in [0.25, 0.3) is 0 Å². The van der Waals surface area contributed by atoms with Crippen molar-refractivity contribution in [2.75, 3.05) is 7.11 Å². The van der Waals surface area contributed by atoms with Crippen molar-refractivity contribution in [3.8, 4) is 17.2 Å². The Morgan fingerprint density at radius 3 is 2.38 bits per heavy atom. The van der Waals surface area contributed by atoms with Gasteiger partial charge in [-0.15, -0.1) is 0 Å². The Labute approximate surface area is 128 Å². The number of hydrogen-bond acceptors (Lipinski definition) is 4. The zero-order valence-corrected chi connectivity index (χ0v) is 12.6. The first-order valence-electron chi connectivity index (χ1n) is 6.48. The first-order chi connectivity index (χ1) is 10.0. The van der Waals surface area contributed by atoms with Crippen LogP contribution in [0.1, 0.15) is 24.2 Å². The van der Waals surface area contributed by atoms with Gasteiger partial charge in [0.1, 0.15) is 5.75 Å². The fourth-order valence-electron chi connectivity index (χ4n) is 1.87. The summed E-state index contributed by atoms with van der Waals surface area (Å²) in [6.07, 6.45) is -0.588. The third-order valence-corrected chi connectivity index (χ3v) is 3.36. The predicted molar refractivity (Wildman–Crippen MR) is 81.1 cm³/mol. The molecular weight excluding hydrogens is 292 g/mol. The Morgan fingerprint density at radius 1 is 1.10 bits per heavy atom. The molecule has 0 saturated carbocycles. The van der Waals surface area contributed by atoms with E-state index in [0.29, 0.717) is 22.3 Å². The van der Waals surface area contributed by atoms with Gasteiger partial charge in [0.2, 0.25) is 0 Å². The van der Waals surface area contributed by atoms with E-state index < -0.39 is 6.10 Å². The number of halogens is 1. The summed E-state index contributed by atoms with van der Waals surface area (Å²) in [6.45, 7) is 1.60. The van der Waals surface area contributed by atoms with Gasteiger partial charge in [0.15, 0.2) is 11.5 Å². The Kier molecular flexibility index (Phi) is 5.07. The Balaban J connectivity index is 2.29. The molecular formula is C16H17ClO4. The van der Waals surface area contributed by atoms with Crippen LogP contribution in [0.15, 0.2) is 36.4 Å². The third kappa shape index (κ3) is 3.67. The fourth-order valence-corrected chi connectivity index (χ4v) is 2.10. The van der Waals surface area contributed by atoms with Crippen LogP contribution in [-0.2, 0) is 6.61 Å². The molecule has 21 heavy (non-hydrogen) atoms. The largest absolute Gasteiger partial charge is 0.493 e. The smallest absolute Gasteiger partial charge is 0.169 e. The van der Waals surface area contributed by atoms with Crippen LogP contribution < -0.4 is 9.47 Å². The molecule has 0 unspecified atom stereocenters. The first kappa shape index (κ1) is 15.6. The highest BCUT2D eigenvalue weighted by Crippen LogP contribution is 2.36. The van der Waals surface area contributed by atoms with E-state index in [0.717, 1.165) is 11.1 Å². The van der Waals surface area contributed by atoms with Gasteiger partial charge in [-0.1, -0.05) is 23.7 Å². The second-order valence-corrected chi connectivity index (χ2v) is 5.02. The second kappa shape index (κ2) is 6.80. The summed E-state index contributed by atoms with van der Waals surface area (Å²) in [5.74, 6) is 1.48. The molecule has 0 spiro atoms. The lowest BCUT2D eigenvalue weighted by Gasteiger charge is -2.13. The van der Waals surface area contributed by atoms with Crippen LogP contribution in [0.4, 0.5) is 0 Å². The standard InChI is InChI=1S/C16H17ClO4/c1-10(19)12-4-6-14(13(17)8-12)21-15-5-3-11(9-18)7-16(15)20-2/h3-8,10,18-19H,9H2,1-2H3/t10-/m1/s1. The summed E-state index contributed by atoms with van der Waals surface area (Å²) in [7, 11) is 1.53. The summed E-state index contributed by atoms with van der Waals surface area (Å²) in [4.78, 5) is 0. The molecule has 2 N–H and O–H groups in total. The molecule has 0 aliphatic carbocycles. The number of ether oxygens (including phenoxy) is 2. The molecule has 112 valence electrons. The van der Waals surface area contributed by atoms with E-state index in [9.17, 15) is 5.11 Å². The molecule has 0 aromatic heterocycles. The molecule has 0 fully saturated rings. The van der Waals surface area contributed by atoms with Crippen molar-refractivity contribution < 1.29 is 19.7 Å². The van der Waals surface area contributed by atoms with Crippen LogP contribution in [-0.4, -0.2) is 17.3 Å². The van der Waals surface area contributed by atoms with Gasteiger partial charge in [-0.3, -0.25) is 0 Å². The molecule has 0 heterocycles. The maximum absolute atomic E-state index is 9.53. The van der Waals surface area contributed by atoms with Crippen LogP contribution in [0, 0.1) is 0 Å². The first-order valence-corrected chi connectivity index (χ1v) is 6.86. The number of aliphatic hydroxyl groups is 2. The van der Waals surface area contributed by atoms with Crippen molar-refractivity contribution in [2.24, 2.45) is 0 Å². The second-order valence-electron chi connectivity index (χ2n) is 4.61. The molecule has 2 rings (SSSR count). The quantitative estimate of drug-likeness (QED) is 0.884. The van der Waals surface area contributed by atoms with E-state index in [1.807, 2.05) is 0 Å². The Hall–Kier alpha value is -1.75. The highest BCUT2D eigenvalue weighted by molar-refractivity contribution is 6.32. The van der Waals surface area contributed by atoms with Crippen molar-refractivity contribution in [2.45, 2.75) is 19.6 Å². The molecule has 4 nitrogen and oxygen atoms in total. The fraction of sp³-hybridized carbons (Fsp3) is 0.250. The summed E-state index contributed by atoms with van der Waals surface area (Å²) in [6, 6.07) is 10.3. The van der Waals surface area contributed by atoms with E-state index in [4.69, 9.17) is 26.2 Å². The average molecular weight is 309 g/mol. The minimum Gasteiger partial charge on any atom is -0.493 e. The van der Waals surface area contributed by atoms with Gasteiger partial charge >= 0.3 is 0 Å². The minimum absolute atomic E-state index is 0.0690. The van der Waals surface area contributed by atoms with Gasteiger partial charge in [-0.05, 0) is 42.3 Å². The molecule has 2 aromatic carbocycles. The summed E-state index contributed by atoms with van der Waals surface area (Å²) in [5, 5.41) is 19.1. The highest BCUT2D eigenvalue weighted by atomic mass is 35.5. The van der Waals surface area contributed by atoms with Crippen molar-refractivity contribution in [1.29, 1.82) is 0 Å². The zero-order valence-electron chi connectivity index (χ0n) is 11.8. The van der Waals surface area contributed by atoms with Gasteiger partial charge < -0.3 is 19.7 Å². The number of benzene rings is 2. The SMILES string of the molecule is COc1cc(CO)ccc1Oc1ccc([C@@H](C)O)cc1Cl. The lowest BCUT2D eigenvalue weighted by Crippen LogP contribution is -1.95. The Morgan fingerprint density at radius 2 is 1.81 bits per heavy atom. The summed E-state index contributed by atoms with van der Waals surface area (Å²) in [5.41, 5.74) is 1.45. The molecule has 1 atom stereocenters. The van der Waals surface area contributed by atoms with Gasteiger partial charge in [0, 0.05) is 0 Å².